The molecule has 1 aliphatic heterocycles. The number of ether oxygens (including phenoxy) is 1. The summed E-state index contributed by atoms with van der Waals surface area (Å²) in [5.74, 6) is 0.792. The van der Waals surface area contributed by atoms with E-state index in [-0.39, 0.29) is 0 Å². The summed E-state index contributed by atoms with van der Waals surface area (Å²) < 4.78 is 7.46. The van der Waals surface area contributed by atoms with Crippen molar-refractivity contribution in [3.8, 4) is 0 Å². The molecule has 1 unspecified atom stereocenters. The molecule has 0 amide bonds. The standard InChI is InChI=1S/C11H14N2O.C6H15N/c1-2-4-11-9(3-1)7-13(12-11)10-5-6-14-8-10;1-4-7-5-6(2)3/h2,4,7,10H,1,3,5-6,8H2;6-7H,4-5H2,1-3H3. The van der Waals surface area contributed by atoms with E-state index in [1.165, 1.54) is 5.56 Å². The van der Waals surface area contributed by atoms with Gasteiger partial charge in [0.25, 0.3) is 0 Å². The fourth-order valence-corrected chi connectivity index (χ4v) is 2.56. The highest BCUT2D eigenvalue weighted by molar-refractivity contribution is 5.51. The monoisotopic (exact) mass is 291 g/mol. The van der Waals surface area contributed by atoms with Crippen LogP contribution in [0.2, 0.25) is 0 Å². The Morgan fingerprint density at radius 2 is 2.33 bits per heavy atom. The van der Waals surface area contributed by atoms with E-state index in [9.17, 15) is 0 Å². The molecule has 0 saturated carbocycles. The minimum atomic E-state index is 0.467. The van der Waals surface area contributed by atoms with Crippen molar-refractivity contribution >= 4 is 6.08 Å². The van der Waals surface area contributed by atoms with E-state index in [4.69, 9.17) is 4.74 Å². The number of aryl methyl sites for hydroxylation is 1. The summed E-state index contributed by atoms with van der Waals surface area (Å²) >= 11 is 0. The third-order valence-electron chi connectivity index (χ3n) is 3.78. The first kappa shape index (κ1) is 16.2. The lowest BCUT2D eigenvalue weighted by Crippen LogP contribution is -2.18. The van der Waals surface area contributed by atoms with Crippen LogP contribution in [0.4, 0.5) is 0 Å². The molecule has 21 heavy (non-hydrogen) atoms. The van der Waals surface area contributed by atoms with Crippen molar-refractivity contribution in [2.24, 2.45) is 5.92 Å². The highest BCUT2D eigenvalue weighted by Gasteiger charge is 2.20. The molecule has 4 nitrogen and oxygen atoms in total. The van der Waals surface area contributed by atoms with Gasteiger partial charge in [0, 0.05) is 12.8 Å². The van der Waals surface area contributed by atoms with Crippen LogP contribution >= 0.6 is 0 Å². The number of fused-ring (bicyclic) bond motifs is 1. The van der Waals surface area contributed by atoms with E-state index in [1.807, 2.05) is 0 Å². The lowest BCUT2D eigenvalue weighted by molar-refractivity contribution is 0.184. The first-order chi connectivity index (χ1) is 10.2. The van der Waals surface area contributed by atoms with Crippen molar-refractivity contribution in [1.82, 2.24) is 15.1 Å². The van der Waals surface area contributed by atoms with Crippen LogP contribution in [0.25, 0.3) is 6.08 Å². The van der Waals surface area contributed by atoms with Crippen LogP contribution in [0, 0.1) is 5.92 Å². The lowest BCUT2D eigenvalue weighted by atomic mass is 10.1. The average molecular weight is 291 g/mol. The van der Waals surface area contributed by atoms with Crippen molar-refractivity contribution in [2.75, 3.05) is 26.3 Å². The van der Waals surface area contributed by atoms with Crippen LogP contribution in [0.5, 0.6) is 0 Å². The Kier molecular flexibility index (Phi) is 6.46. The van der Waals surface area contributed by atoms with Crippen molar-refractivity contribution in [3.63, 3.8) is 0 Å². The zero-order chi connectivity index (χ0) is 15.1. The third-order valence-corrected chi connectivity index (χ3v) is 3.78. The van der Waals surface area contributed by atoms with Crippen molar-refractivity contribution in [2.45, 2.75) is 46.1 Å². The molecule has 3 rings (SSSR count). The molecule has 2 aliphatic rings. The van der Waals surface area contributed by atoms with Crippen LogP contribution in [0.15, 0.2) is 12.3 Å². The van der Waals surface area contributed by atoms with Crippen molar-refractivity contribution in [3.05, 3.63) is 23.5 Å². The highest BCUT2D eigenvalue weighted by Crippen LogP contribution is 2.23. The Morgan fingerprint density at radius 3 is 2.90 bits per heavy atom. The largest absolute Gasteiger partial charge is 0.379 e. The van der Waals surface area contributed by atoms with E-state index in [0.717, 1.165) is 57.2 Å². The van der Waals surface area contributed by atoms with Crippen molar-refractivity contribution < 1.29 is 4.74 Å². The number of hydrogen-bond donors (Lipinski definition) is 1. The van der Waals surface area contributed by atoms with E-state index in [1.54, 1.807) is 0 Å². The number of nitrogens with zero attached hydrogens (tertiary/aromatic N) is 2. The van der Waals surface area contributed by atoms with Gasteiger partial charge in [-0.1, -0.05) is 26.8 Å². The predicted octanol–water partition coefficient (Wildman–Crippen LogP) is 3.06. The van der Waals surface area contributed by atoms with Gasteiger partial charge in [0.15, 0.2) is 0 Å². The van der Waals surface area contributed by atoms with E-state index < -0.39 is 0 Å². The summed E-state index contributed by atoms with van der Waals surface area (Å²) in [7, 11) is 0. The molecule has 0 radical (unpaired) electrons. The fraction of sp³-hybridized carbons (Fsp3) is 0.706. The molecular formula is C17H29N3O. The van der Waals surface area contributed by atoms with Gasteiger partial charge in [-0.2, -0.15) is 5.10 Å². The van der Waals surface area contributed by atoms with Crippen LogP contribution in [0.3, 0.4) is 0 Å². The van der Waals surface area contributed by atoms with Gasteiger partial charge in [0.05, 0.1) is 18.3 Å². The molecule has 1 N–H and O–H groups in total. The van der Waals surface area contributed by atoms with Crippen molar-refractivity contribution in [1.29, 1.82) is 0 Å². The minimum Gasteiger partial charge on any atom is -0.379 e. The number of nitrogens with one attached hydrogen (secondary N) is 1. The Hall–Kier alpha value is -1.13. The first-order valence-corrected chi connectivity index (χ1v) is 8.23. The SMILES string of the molecule is C1=Cc2nn(C3CCOC3)cc2CC1.CCNCC(C)C. The van der Waals surface area contributed by atoms with Gasteiger partial charge in [-0.05, 0) is 49.9 Å². The van der Waals surface area contributed by atoms with Gasteiger partial charge < -0.3 is 10.1 Å². The summed E-state index contributed by atoms with van der Waals surface area (Å²) in [6.45, 7) is 10.5. The fourth-order valence-electron chi connectivity index (χ4n) is 2.56. The molecule has 0 bridgehead atoms. The summed E-state index contributed by atoms with van der Waals surface area (Å²) in [6, 6.07) is 0.467. The normalized spacial score (nSPS) is 20.3. The number of allylic oxidation sites excluding steroid dienone is 1. The topological polar surface area (TPSA) is 39.1 Å². The molecule has 2 heterocycles. The van der Waals surface area contributed by atoms with E-state index in [2.05, 4.69) is 54.2 Å². The van der Waals surface area contributed by atoms with Crippen LogP contribution in [0.1, 0.15) is 50.9 Å². The summed E-state index contributed by atoms with van der Waals surface area (Å²) in [6.07, 6.45) is 9.91. The second kappa shape index (κ2) is 8.35. The maximum Gasteiger partial charge on any atom is 0.0879 e. The summed E-state index contributed by atoms with van der Waals surface area (Å²) in [5, 5.41) is 7.83. The van der Waals surface area contributed by atoms with E-state index >= 15 is 0 Å². The maximum atomic E-state index is 5.36. The second-order valence-corrected chi connectivity index (χ2v) is 6.18. The number of hydrogen-bond acceptors (Lipinski definition) is 3. The zero-order valence-corrected chi connectivity index (χ0v) is 13.6. The van der Waals surface area contributed by atoms with Gasteiger partial charge >= 0.3 is 0 Å². The molecule has 1 aromatic rings. The van der Waals surface area contributed by atoms with E-state index in [0.29, 0.717) is 6.04 Å². The molecule has 1 saturated heterocycles. The summed E-state index contributed by atoms with van der Waals surface area (Å²) in [5.41, 5.74) is 2.54. The minimum absolute atomic E-state index is 0.467. The van der Waals surface area contributed by atoms with Crippen LogP contribution < -0.4 is 5.32 Å². The Morgan fingerprint density at radius 1 is 1.48 bits per heavy atom. The van der Waals surface area contributed by atoms with Gasteiger partial charge in [-0.25, -0.2) is 0 Å². The molecule has 1 atom stereocenters. The van der Waals surface area contributed by atoms with Gasteiger partial charge in [0.1, 0.15) is 0 Å². The first-order valence-electron chi connectivity index (χ1n) is 8.23. The molecular weight excluding hydrogens is 262 g/mol. The molecule has 1 aliphatic carbocycles. The zero-order valence-electron chi connectivity index (χ0n) is 13.6. The molecule has 0 spiro atoms. The maximum absolute atomic E-state index is 5.36. The number of aromatic nitrogens is 2. The second-order valence-electron chi connectivity index (χ2n) is 6.18. The average Bonchev–Trinajstić information content (AvgIpc) is 3.13. The molecule has 1 fully saturated rings. The third kappa shape index (κ3) is 4.97. The van der Waals surface area contributed by atoms with Gasteiger partial charge in [-0.3, -0.25) is 4.68 Å². The number of rotatable bonds is 4. The quantitative estimate of drug-likeness (QED) is 0.926. The van der Waals surface area contributed by atoms with Gasteiger partial charge in [0.2, 0.25) is 0 Å². The smallest absolute Gasteiger partial charge is 0.0879 e. The predicted molar refractivity (Wildman–Crippen MR) is 87.4 cm³/mol. The summed E-state index contributed by atoms with van der Waals surface area (Å²) in [4.78, 5) is 0. The Labute approximate surface area is 128 Å². The van der Waals surface area contributed by atoms with Crippen LogP contribution in [-0.4, -0.2) is 36.1 Å². The van der Waals surface area contributed by atoms with Gasteiger partial charge in [-0.15, -0.1) is 0 Å². The Bertz CT molecular complexity index is 445. The Balaban J connectivity index is 0.000000199. The molecule has 0 aromatic carbocycles. The lowest BCUT2D eigenvalue weighted by Gasteiger charge is -2.06. The van der Waals surface area contributed by atoms with Crippen LogP contribution in [-0.2, 0) is 11.2 Å². The highest BCUT2D eigenvalue weighted by atomic mass is 16.5. The molecule has 118 valence electrons. The molecule has 1 aromatic heterocycles. The molecule has 4 heteroatoms.